The molecule has 2 amide bonds. The lowest BCUT2D eigenvalue weighted by molar-refractivity contribution is 0.0927. The van der Waals surface area contributed by atoms with E-state index in [0.717, 1.165) is 42.5 Å². The quantitative estimate of drug-likeness (QED) is 0.874. The van der Waals surface area contributed by atoms with Gasteiger partial charge in [0.25, 0.3) is 11.8 Å². The second kappa shape index (κ2) is 8.13. The van der Waals surface area contributed by atoms with Gasteiger partial charge in [0, 0.05) is 23.5 Å². The van der Waals surface area contributed by atoms with Crippen LogP contribution in [0, 0.1) is 13.8 Å². The third-order valence-electron chi connectivity index (χ3n) is 4.83. The molecule has 1 aromatic heterocycles. The fraction of sp³-hybridized carbons (Fsp3) is 0.381. The fourth-order valence-corrected chi connectivity index (χ4v) is 3.35. The number of hydrogen-bond donors (Lipinski definition) is 2. The van der Waals surface area contributed by atoms with Gasteiger partial charge in [0.2, 0.25) is 0 Å². The number of hydrogen-bond acceptors (Lipinski definition) is 3. The number of anilines is 1. The molecule has 5 heteroatoms. The highest BCUT2D eigenvalue weighted by Crippen LogP contribution is 2.19. The summed E-state index contributed by atoms with van der Waals surface area (Å²) in [7, 11) is 0. The number of aromatic nitrogens is 1. The molecule has 1 aromatic carbocycles. The molecule has 0 spiro atoms. The molecule has 1 aliphatic rings. The molecule has 0 bridgehead atoms. The van der Waals surface area contributed by atoms with Crippen molar-refractivity contribution in [1.29, 1.82) is 0 Å². The van der Waals surface area contributed by atoms with E-state index in [1.165, 1.54) is 12.6 Å². The lowest BCUT2D eigenvalue weighted by atomic mass is 9.95. The Hall–Kier alpha value is -2.69. The van der Waals surface area contributed by atoms with Crippen LogP contribution in [0.1, 0.15) is 64.1 Å². The summed E-state index contributed by atoms with van der Waals surface area (Å²) in [5.41, 5.74) is 3.58. The average molecular weight is 351 g/mol. The Bertz CT molecular complexity index is 811. The van der Waals surface area contributed by atoms with E-state index in [-0.39, 0.29) is 23.6 Å². The number of nitrogens with zero attached hydrogens (tertiary/aromatic N) is 1. The standard InChI is InChI=1S/C21H25N3O2/c1-14-8-9-18(15(2)12-14)24-21(26)19-13-16(10-11-22-19)20(25)23-17-6-4-3-5-7-17/h8-13,17H,3-7H2,1-2H3,(H,23,25)(H,24,26). The van der Waals surface area contributed by atoms with Crippen molar-refractivity contribution in [3.8, 4) is 0 Å². The third-order valence-corrected chi connectivity index (χ3v) is 4.83. The molecule has 0 atom stereocenters. The Morgan fingerprint density at radius 2 is 1.77 bits per heavy atom. The highest BCUT2D eigenvalue weighted by atomic mass is 16.2. The van der Waals surface area contributed by atoms with Crippen molar-refractivity contribution in [2.45, 2.75) is 52.0 Å². The monoisotopic (exact) mass is 351 g/mol. The van der Waals surface area contributed by atoms with Crippen molar-refractivity contribution >= 4 is 17.5 Å². The van der Waals surface area contributed by atoms with Crippen LogP contribution in [0.25, 0.3) is 0 Å². The first-order chi connectivity index (χ1) is 12.5. The van der Waals surface area contributed by atoms with E-state index in [1.54, 1.807) is 12.1 Å². The molecule has 26 heavy (non-hydrogen) atoms. The zero-order valence-corrected chi connectivity index (χ0v) is 15.3. The van der Waals surface area contributed by atoms with Gasteiger partial charge < -0.3 is 10.6 Å². The summed E-state index contributed by atoms with van der Waals surface area (Å²) in [5.74, 6) is -0.455. The molecule has 1 heterocycles. The molecular formula is C21H25N3O2. The fourth-order valence-electron chi connectivity index (χ4n) is 3.35. The van der Waals surface area contributed by atoms with Crippen molar-refractivity contribution in [2.75, 3.05) is 5.32 Å². The smallest absolute Gasteiger partial charge is 0.274 e. The minimum Gasteiger partial charge on any atom is -0.349 e. The van der Waals surface area contributed by atoms with Gasteiger partial charge in [-0.25, -0.2) is 0 Å². The minimum absolute atomic E-state index is 0.139. The second-order valence-electron chi connectivity index (χ2n) is 7.01. The summed E-state index contributed by atoms with van der Waals surface area (Å²) in [6, 6.07) is 9.27. The van der Waals surface area contributed by atoms with Gasteiger partial charge in [-0.3, -0.25) is 14.6 Å². The average Bonchev–Trinajstić information content (AvgIpc) is 2.65. The molecule has 0 unspecified atom stereocenters. The first-order valence-corrected chi connectivity index (χ1v) is 9.18. The maximum Gasteiger partial charge on any atom is 0.274 e. The summed E-state index contributed by atoms with van der Waals surface area (Å²) in [6.07, 6.45) is 7.11. The van der Waals surface area contributed by atoms with E-state index < -0.39 is 0 Å². The number of benzene rings is 1. The van der Waals surface area contributed by atoms with Crippen molar-refractivity contribution in [3.63, 3.8) is 0 Å². The Morgan fingerprint density at radius 3 is 2.50 bits per heavy atom. The van der Waals surface area contributed by atoms with Crippen LogP contribution >= 0.6 is 0 Å². The second-order valence-corrected chi connectivity index (χ2v) is 7.01. The largest absolute Gasteiger partial charge is 0.349 e. The van der Waals surface area contributed by atoms with Gasteiger partial charge in [-0.15, -0.1) is 0 Å². The number of pyridine rings is 1. The molecule has 1 aliphatic carbocycles. The molecule has 1 fully saturated rings. The molecule has 0 aliphatic heterocycles. The highest BCUT2D eigenvalue weighted by Gasteiger charge is 2.18. The van der Waals surface area contributed by atoms with E-state index >= 15 is 0 Å². The van der Waals surface area contributed by atoms with Crippen LogP contribution < -0.4 is 10.6 Å². The van der Waals surface area contributed by atoms with E-state index in [4.69, 9.17) is 0 Å². The molecule has 5 nitrogen and oxygen atoms in total. The summed E-state index contributed by atoms with van der Waals surface area (Å²) >= 11 is 0. The normalized spacial score (nSPS) is 14.7. The van der Waals surface area contributed by atoms with Gasteiger partial charge in [0.05, 0.1) is 0 Å². The number of amides is 2. The summed E-state index contributed by atoms with van der Waals surface area (Å²) in [4.78, 5) is 29.1. The van der Waals surface area contributed by atoms with Crippen LogP contribution in [0.5, 0.6) is 0 Å². The van der Waals surface area contributed by atoms with E-state index in [0.29, 0.717) is 5.56 Å². The maximum atomic E-state index is 12.5. The van der Waals surface area contributed by atoms with Crippen molar-refractivity contribution in [2.24, 2.45) is 0 Å². The summed E-state index contributed by atoms with van der Waals surface area (Å²) in [5, 5.41) is 5.94. The van der Waals surface area contributed by atoms with Crippen LogP contribution in [-0.4, -0.2) is 22.8 Å². The zero-order chi connectivity index (χ0) is 18.5. The number of aryl methyl sites for hydroxylation is 2. The SMILES string of the molecule is Cc1ccc(NC(=O)c2cc(C(=O)NC3CCCCC3)ccn2)c(C)c1. The summed E-state index contributed by atoms with van der Waals surface area (Å²) < 4.78 is 0. The van der Waals surface area contributed by atoms with E-state index in [2.05, 4.69) is 15.6 Å². The van der Waals surface area contributed by atoms with Gasteiger partial charge >= 0.3 is 0 Å². The molecule has 2 aromatic rings. The van der Waals surface area contributed by atoms with E-state index in [9.17, 15) is 9.59 Å². The number of rotatable bonds is 4. The molecule has 3 rings (SSSR count). The predicted molar refractivity (Wildman–Crippen MR) is 102 cm³/mol. The van der Waals surface area contributed by atoms with Crippen molar-refractivity contribution < 1.29 is 9.59 Å². The maximum absolute atomic E-state index is 12.5. The predicted octanol–water partition coefficient (Wildman–Crippen LogP) is 4.01. The van der Waals surface area contributed by atoms with Crippen molar-refractivity contribution in [1.82, 2.24) is 10.3 Å². The molecule has 0 radical (unpaired) electrons. The van der Waals surface area contributed by atoms with Crippen LogP contribution in [0.2, 0.25) is 0 Å². The molecule has 0 saturated heterocycles. The Labute approximate surface area is 154 Å². The molecule has 136 valence electrons. The topological polar surface area (TPSA) is 71.1 Å². The number of carbonyl (C=O) groups excluding carboxylic acids is 2. The van der Waals surface area contributed by atoms with Crippen LogP contribution in [-0.2, 0) is 0 Å². The zero-order valence-electron chi connectivity index (χ0n) is 15.3. The Morgan fingerprint density at radius 1 is 1.00 bits per heavy atom. The first-order valence-electron chi connectivity index (χ1n) is 9.18. The Balaban J connectivity index is 1.69. The minimum atomic E-state index is -0.315. The van der Waals surface area contributed by atoms with E-state index in [1.807, 2.05) is 32.0 Å². The molecular weight excluding hydrogens is 326 g/mol. The van der Waals surface area contributed by atoms with Gasteiger partial charge in [-0.1, -0.05) is 37.0 Å². The highest BCUT2D eigenvalue weighted by molar-refractivity contribution is 6.05. The van der Waals surface area contributed by atoms with Crippen LogP contribution in [0.3, 0.4) is 0 Å². The lowest BCUT2D eigenvalue weighted by Gasteiger charge is -2.22. The Kier molecular flexibility index (Phi) is 5.66. The van der Waals surface area contributed by atoms with Gasteiger partial charge in [-0.2, -0.15) is 0 Å². The number of carbonyl (C=O) groups is 2. The number of nitrogens with one attached hydrogen (secondary N) is 2. The summed E-state index contributed by atoms with van der Waals surface area (Å²) in [6.45, 7) is 3.96. The van der Waals surface area contributed by atoms with Crippen molar-refractivity contribution in [3.05, 3.63) is 58.9 Å². The third kappa shape index (κ3) is 4.48. The molecule has 2 N–H and O–H groups in total. The van der Waals surface area contributed by atoms with Crippen LogP contribution in [0.4, 0.5) is 5.69 Å². The van der Waals surface area contributed by atoms with Crippen LogP contribution in [0.15, 0.2) is 36.5 Å². The van der Waals surface area contributed by atoms with Gasteiger partial charge in [0.15, 0.2) is 0 Å². The van der Waals surface area contributed by atoms with Gasteiger partial charge in [-0.05, 0) is 50.5 Å². The first kappa shape index (κ1) is 18.1. The molecule has 1 saturated carbocycles. The van der Waals surface area contributed by atoms with Gasteiger partial charge in [0.1, 0.15) is 5.69 Å². The lowest BCUT2D eigenvalue weighted by Crippen LogP contribution is -2.36.